The first-order valence-electron chi connectivity index (χ1n) is 8.11. The van der Waals surface area contributed by atoms with Crippen molar-refractivity contribution in [3.8, 4) is 0 Å². The normalized spacial score (nSPS) is 30.7. The van der Waals surface area contributed by atoms with Gasteiger partial charge in [0, 0.05) is 0 Å². The smallest absolute Gasteiger partial charge is 0.331 e. The molecule has 5 atom stereocenters. The zero-order chi connectivity index (χ0) is 17.4. The standard InChI is InChI=1S/C16H26N2O5/c1-16(2)9-3-4-10(16)8(5-9)6-11(17)14(21)23-15(22)12(18)7-13(19)20/h8-12H,3-7,17-18H2,1-2H3,(H,19,20)/t8-,9?,10?,11+,12+/m1/s1. The molecule has 2 aliphatic carbocycles. The van der Waals surface area contributed by atoms with E-state index in [1.54, 1.807) is 0 Å². The zero-order valence-corrected chi connectivity index (χ0v) is 13.7. The average Bonchev–Trinajstić information content (AvgIpc) is 2.85. The van der Waals surface area contributed by atoms with E-state index >= 15 is 0 Å². The Balaban J connectivity index is 1.84. The second kappa shape index (κ2) is 6.57. The van der Waals surface area contributed by atoms with Crippen LogP contribution in [0, 0.1) is 23.2 Å². The molecule has 0 radical (unpaired) electrons. The molecule has 0 heterocycles. The van der Waals surface area contributed by atoms with Crippen LogP contribution < -0.4 is 11.5 Å². The van der Waals surface area contributed by atoms with Crippen LogP contribution in [0.4, 0.5) is 0 Å². The number of esters is 2. The lowest BCUT2D eigenvalue weighted by atomic mass is 9.78. The van der Waals surface area contributed by atoms with Crippen LogP contribution in [-0.2, 0) is 19.1 Å². The molecule has 2 unspecified atom stereocenters. The average molecular weight is 326 g/mol. The fourth-order valence-corrected chi connectivity index (χ4v) is 4.43. The molecule has 2 saturated carbocycles. The summed E-state index contributed by atoms with van der Waals surface area (Å²) in [6.07, 6.45) is 3.36. The molecule has 0 aromatic carbocycles. The lowest BCUT2D eigenvalue weighted by molar-refractivity contribution is -0.163. The highest BCUT2D eigenvalue weighted by Gasteiger charge is 2.53. The van der Waals surface area contributed by atoms with E-state index in [1.807, 2.05) is 0 Å². The molecule has 0 spiro atoms. The fourth-order valence-electron chi connectivity index (χ4n) is 4.43. The Morgan fingerprint density at radius 3 is 2.26 bits per heavy atom. The van der Waals surface area contributed by atoms with Gasteiger partial charge in [-0.05, 0) is 48.9 Å². The lowest BCUT2D eigenvalue weighted by Crippen LogP contribution is -2.41. The van der Waals surface area contributed by atoms with Gasteiger partial charge in [0.15, 0.2) is 0 Å². The van der Waals surface area contributed by atoms with Crippen molar-refractivity contribution in [3.05, 3.63) is 0 Å². The first kappa shape index (κ1) is 17.9. The summed E-state index contributed by atoms with van der Waals surface area (Å²) < 4.78 is 4.63. The molecule has 2 fully saturated rings. The van der Waals surface area contributed by atoms with Gasteiger partial charge >= 0.3 is 17.9 Å². The van der Waals surface area contributed by atoms with Crippen LogP contribution in [0.3, 0.4) is 0 Å². The van der Waals surface area contributed by atoms with Crippen LogP contribution in [0.25, 0.3) is 0 Å². The third kappa shape index (κ3) is 3.72. The Hall–Kier alpha value is -1.47. The number of carboxylic acids is 1. The molecule has 0 amide bonds. The number of rotatable bonds is 6. The van der Waals surface area contributed by atoms with Gasteiger partial charge in [0.25, 0.3) is 0 Å². The third-order valence-electron chi connectivity index (χ3n) is 5.75. The van der Waals surface area contributed by atoms with E-state index in [1.165, 1.54) is 6.42 Å². The summed E-state index contributed by atoms with van der Waals surface area (Å²) in [5.74, 6) is -1.50. The Bertz CT molecular complexity index is 505. The van der Waals surface area contributed by atoms with Gasteiger partial charge in [0.05, 0.1) is 6.42 Å². The highest BCUT2D eigenvalue weighted by Crippen LogP contribution is 2.61. The lowest BCUT2D eigenvalue weighted by Gasteiger charge is -2.27. The van der Waals surface area contributed by atoms with E-state index in [0.717, 1.165) is 12.8 Å². The largest absolute Gasteiger partial charge is 0.481 e. The maximum Gasteiger partial charge on any atom is 0.331 e. The molecule has 0 aromatic heterocycles. The van der Waals surface area contributed by atoms with Crippen molar-refractivity contribution < 1.29 is 24.2 Å². The summed E-state index contributed by atoms with van der Waals surface area (Å²) in [5.41, 5.74) is 11.5. The molecule has 0 aliphatic heterocycles. The molecule has 0 saturated heterocycles. The highest BCUT2D eigenvalue weighted by atomic mass is 16.6. The summed E-state index contributed by atoms with van der Waals surface area (Å²) in [5, 5.41) is 8.58. The highest BCUT2D eigenvalue weighted by molar-refractivity contribution is 5.92. The molecule has 2 aliphatic rings. The predicted octanol–water partition coefficient (Wildman–Crippen LogP) is 0.648. The number of carbonyl (C=O) groups is 3. The molecule has 2 bridgehead atoms. The van der Waals surface area contributed by atoms with Crippen LogP contribution in [0.5, 0.6) is 0 Å². The van der Waals surface area contributed by atoms with Gasteiger partial charge in [0.1, 0.15) is 12.1 Å². The van der Waals surface area contributed by atoms with Crippen molar-refractivity contribution in [2.45, 2.75) is 58.0 Å². The zero-order valence-electron chi connectivity index (χ0n) is 13.7. The summed E-state index contributed by atoms with van der Waals surface area (Å²) in [4.78, 5) is 34.0. The van der Waals surface area contributed by atoms with Crippen molar-refractivity contribution in [1.29, 1.82) is 0 Å². The fraction of sp³-hybridized carbons (Fsp3) is 0.812. The second-order valence-corrected chi connectivity index (χ2v) is 7.48. The minimum absolute atomic E-state index is 0.286. The minimum atomic E-state index is -1.36. The van der Waals surface area contributed by atoms with E-state index in [4.69, 9.17) is 16.6 Å². The molecule has 0 aromatic rings. The monoisotopic (exact) mass is 326 g/mol. The van der Waals surface area contributed by atoms with Gasteiger partial charge in [-0.3, -0.25) is 4.79 Å². The maximum atomic E-state index is 11.9. The summed E-state index contributed by atoms with van der Waals surface area (Å²) in [7, 11) is 0. The number of nitrogens with two attached hydrogens (primary N) is 2. The van der Waals surface area contributed by atoms with Crippen LogP contribution >= 0.6 is 0 Å². The van der Waals surface area contributed by atoms with Crippen molar-refractivity contribution in [2.75, 3.05) is 0 Å². The van der Waals surface area contributed by atoms with Crippen LogP contribution in [-0.4, -0.2) is 35.1 Å². The molecule has 2 rings (SSSR count). The van der Waals surface area contributed by atoms with Crippen LogP contribution in [0.1, 0.15) is 46.0 Å². The van der Waals surface area contributed by atoms with E-state index < -0.39 is 36.4 Å². The van der Waals surface area contributed by atoms with Crippen LogP contribution in [0.2, 0.25) is 0 Å². The van der Waals surface area contributed by atoms with Gasteiger partial charge in [-0.2, -0.15) is 0 Å². The second-order valence-electron chi connectivity index (χ2n) is 7.48. The molecule has 23 heavy (non-hydrogen) atoms. The summed E-state index contributed by atoms with van der Waals surface area (Å²) in [6, 6.07) is -2.23. The summed E-state index contributed by atoms with van der Waals surface area (Å²) >= 11 is 0. The number of carbonyl (C=O) groups excluding carboxylic acids is 2. The minimum Gasteiger partial charge on any atom is -0.481 e. The topological polar surface area (TPSA) is 133 Å². The predicted molar refractivity (Wildman–Crippen MR) is 82.0 cm³/mol. The first-order valence-corrected chi connectivity index (χ1v) is 8.11. The quantitative estimate of drug-likeness (QED) is 0.482. The SMILES string of the molecule is CC1(C)C2CCC1[C@@H](C[C@H](N)C(=O)OC(=O)[C@@H](N)CC(=O)O)C2. The Morgan fingerprint density at radius 2 is 1.78 bits per heavy atom. The maximum absolute atomic E-state index is 11.9. The molecule has 130 valence electrons. The van der Waals surface area contributed by atoms with Crippen molar-refractivity contribution in [3.63, 3.8) is 0 Å². The number of ether oxygens (including phenoxy) is 1. The Morgan fingerprint density at radius 1 is 1.17 bits per heavy atom. The summed E-state index contributed by atoms with van der Waals surface area (Å²) in [6.45, 7) is 4.54. The number of hydrogen-bond donors (Lipinski definition) is 3. The Labute approximate surface area is 135 Å². The third-order valence-corrected chi connectivity index (χ3v) is 5.75. The molecular formula is C16H26N2O5. The number of hydrogen-bond acceptors (Lipinski definition) is 6. The van der Waals surface area contributed by atoms with E-state index in [-0.39, 0.29) is 5.41 Å². The van der Waals surface area contributed by atoms with Crippen molar-refractivity contribution >= 4 is 17.9 Å². The Kier molecular flexibility index (Phi) is 5.10. The van der Waals surface area contributed by atoms with Gasteiger partial charge in [-0.25, -0.2) is 9.59 Å². The van der Waals surface area contributed by atoms with Gasteiger partial charge in [-0.1, -0.05) is 13.8 Å². The van der Waals surface area contributed by atoms with Gasteiger partial charge in [0.2, 0.25) is 0 Å². The van der Waals surface area contributed by atoms with Crippen LogP contribution in [0.15, 0.2) is 0 Å². The van der Waals surface area contributed by atoms with Gasteiger partial charge in [-0.15, -0.1) is 0 Å². The van der Waals surface area contributed by atoms with E-state index in [2.05, 4.69) is 18.6 Å². The van der Waals surface area contributed by atoms with E-state index in [0.29, 0.717) is 24.2 Å². The van der Waals surface area contributed by atoms with Crippen molar-refractivity contribution in [1.82, 2.24) is 0 Å². The van der Waals surface area contributed by atoms with Gasteiger partial charge < -0.3 is 21.3 Å². The molecule has 5 N–H and O–H groups in total. The molecule has 7 heteroatoms. The van der Waals surface area contributed by atoms with Crippen molar-refractivity contribution in [2.24, 2.45) is 34.6 Å². The molecular weight excluding hydrogens is 300 g/mol. The number of aliphatic carboxylic acids is 1. The number of fused-ring (bicyclic) bond motifs is 2. The molecule has 7 nitrogen and oxygen atoms in total. The van der Waals surface area contributed by atoms with E-state index in [9.17, 15) is 14.4 Å². The first-order chi connectivity index (χ1) is 10.6. The number of carboxylic acid groups (broad SMARTS) is 1.